The van der Waals surface area contributed by atoms with Crippen molar-refractivity contribution in [2.75, 3.05) is 13.2 Å². The van der Waals surface area contributed by atoms with Gasteiger partial charge in [0.25, 0.3) is 5.89 Å². The maximum atomic E-state index is 12.2. The van der Waals surface area contributed by atoms with Crippen molar-refractivity contribution in [3.63, 3.8) is 0 Å². The minimum atomic E-state index is -0.0871. The third-order valence-electron chi connectivity index (χ3n) is 4.56. The average molecular weight is 383 g/mol. The molecule has 0 radical (unpaired) electrons. The zero-order chi connectivity index (χ0) is 18.6. The van der Waals surface area contributed by atoms with Gasteiger partial charge >= 0.3 is 0 Å². The van der Waals surface area contributed by atoms with Crippen LogP contribution in [0.2, 0.25) is 0 Å². The number of hydrogen-bond donors (Lipinski definition) is 1. The molecule has 1 aliphatic heterocycles. The smallest absolute Gasteiger partial charge is 0.257 e. The second kappa shape index (κ2) is 8.02. The van der Waals surface area contributed by atoms with Crippen molar-refractivity contribution >= 4 is 17.2 Å². The number of fused-ring (bicyclic) bond motifs is 1. The normalized spacial score (nSPS) is 16.1. The maximum absolute atomic E-state index is 12.2. The molecular formula is C20H21N3O3S. The Morgan fingerprint density at radius 2 is 2.15 bits per heavy atom. The molecule has 0 saturated carbocycles. The van der Waals surface area contributed by atoms with E-state index in [2.05, 4.69) is 27.6 Å². The molecule has 1 amide bonds. The van der Waals surface area contributed by atoms with Gasteiger partial charge in [-0.15, -0.1) is 21.5 Å². The molecule has 27 heavy (non-hydrogen) atoms. The van der Waals surface area contributed by atoms with Crippen molar-refractivity contribution in [2.45, 2.75) is 32.3 Å². The minimum absolute atomic E-state index is 0.0478. The first-order valence-electron chi connectivity index (χ1n) is 9.04. The lowest BCUT2D eigenvalue weighted by molar-refractivity contribution is -0.121. The molecular weight excluding hydrogens is 362 g/mol. The molecule has 7 heteroatoms. The van der Waals surface area contributed by atoms with Crippen LogP contribution in [0.5, 0.6) is 0 Å². The van der Waals surface area contributed by atoms with Gasteiger partial charge in [0, 0.05) is 24.3 Å². The Hall–Kier alpha value is -2.51. The highest BCUT2D eigenvalue weighted by atomic mass is 32.1. The van der Waals surface area contributed by atoms with Crippen LogP contribution in [0.15, 0.2) is 40.8 Å². The Bertz CT molecular complexity index is 934. The second-order valence-corrected chi connectivity index (χ2v) is 7.81. The number of nitrogens with zero attached hydrogens (tertiary/aromatic N) is 2. The highest BCUT2D eigenvalue weighted by Crippen LogP contribution is 2.27. The molecule has 3 aromatic rings. The van der Waals surface area contributed by atoms with Crippen LogP contribution in [-0.2, 0) is 22.4 Å². The van der Waals surface area contributed by atoms with E-state index in [1.807, 2.05) is 31.2 Å². The fourth-order valence-corrected chi connectivity index (χ4v) is 3.95. The summed E-state index contributed by atoms with van der Waals surface area (Å²) < 4.78 is 11.5. The molecule has 1 aromatic carbocycles. The molecule has 1 unspecified atom stereocenters. The first kappa shape index (κ1) is 17.9. The minimum Gasteiger partial charge on any atom is -0.420 e. The molecule has 0 fully saturated rings. The summed E-state index contributed by atoms with van der Waals surface area (Å²) >= 11 is 1.61. The molecule has 1 aliphatic rings. The molecule has 4 rings (SSSR count). The van der Waals surface area contributed by atoms with E-state index in [1.54, 1.807) is 11.3 Å². The molecule has 0 spiro atoms. The summed E-state index contributed by atoms with van der Waals surface area (Å²) in [6.07, 6.45) is 1.56. The third-order valence-corrected chi connectivity index (χ3v) is 5.55. The number of hydrogen-bond acceptors (Lipinski definition) is 6. The number of nitrogens with one attached hydrogen (secondary N) is 1. The molecule has 3 heterocycles. The van der Waals surface area contributed by atoms with Crippen molar-refractivity contribution in [3.8, 4) is 10.8 Å². The van der Waals surface area contributed by atoms with Gasteiger partial charge in [0.1, 0.15) is 6.10 Å². The first-order valence-corrected chi connectivity index (χ1v) is 9.86. The standard InChI is InChI=1S/C20H21N3O3S/c1-13-6-7-17(27-13)20-23-22-19(26-20)9-8-18(24)21-12-16-15-5-3-2-4-14(15)10-11-25-16/h2-7,16H,8-12H2,1H3,(H,21,24). The van der Waals surface area contributed by atoms with Gasteiger partial charge in [-0.25, -0.2) is 0 Å². The SMILES string of the molecule is Cc1ccc(-c2nnc(CCC(=O)NCC3OCCc4ccccc43)o2)s1. The molecule has 1 N–H and O–H groups in total. The zero-order valence-electron chi connectivity index (χ0n) is 15.1. The van der Waals surface area contributed by atoms with Crippen LogP contribution in [0.3, 0.4) is 0 Å². The predicted molar refractivity (Wildman–Crippen MR) is 103 cm³/mol. The summed E-state index contributed by atoms with van der Waals surface area (Å²) in [5, 5.41) is 11.1. The van der Waals surface area contributed by atoms with E-state index in [1.165, 1.54) is 10.4 Å². The summed E-state index contributed by atoms with van der Waals surface area (Å²) in [6.45, 7) is 3.19. The number of carbonyl (C=O) groups excluding carboxylic acids is 1. The van der Waals surface area contributed by atoms with Gasteiger partial charge in [-0.2, -0.15) is 0 Å². The highest BCUT2D eigenvalue weighted by molar-refractivity contribution is 7.15. The van der Waals surface area contributed by atoms with Crippen LogP contribution >= 0.6 is 11.3 Å². The van der Waals surface area contributed by atoms with Crippen molar-refractivity contribution in [3.05, 3.63) is 58.3 Å². The number of aromatic nitrogens is 2. The van der Waals surface area contributed by atoms with E-state index >= 15 is 0 Å². The molecule has 1 atom stereocenters. The summed E-state index contributed by atoms with van der Waals surface area (Å²) in [5.74, 6) is 0.939. The second-order valence-electron chi connectivity index (χ2n) is 6.52. The van der Waals surface area contributed by atoms with Gasteiger partial charge in [-0.1, -0.05) is 24.3 Å². The third kappa shape index (κ3) is 4.26. The topological polar surface area (TPSA) is 77.2 Å². The van der Waals surface area contributed by atoms with E-state index < -0.39 is 0 Å². The van der Waals surface area contributed by atoms with E-state index in [0.717, 1.165) is 16.9 Å². The highest BCUT2D eigenvalue weighted by Gasteiger charge is 2.21. The Labute approximate surface area is 161 Å². The number of benzene rings is 1. The molecule has 140 valence electrons. The van der Waals surface area contributed by atoms with Crippen molar-refractivity contribution in [1.29, 1.82) is 0 Å². The number of carbonyl (C=O) groups is 1. The van der Waals surface area contributed by atoms with E-state index in [-0.39, 0.29) is 12.0 Å². The van der Waals surface area contributed by atoms with Gasteiger partial charge in [0.15, 0.2) is 0 Å². The van der Waals surface area contributed by atoms with Gasteiger partial charge in [-0.05, 0) is 36.6 Å². The van der Waals surface area contributed by atoms with Gasteiger partial charge in [0.05, 0.1) is 11.5 Å². The van der Waals surface area contributed by atoms with Gasteiger partial charge in [0.2, 0.25) is 11.8 Å². The number of amides is 1. The van der Waals surface area contributed by atoms with Crippen molar-refractivity contribution in [2.24, 2.45) is 0 Å². The Morgan fingerprint density at radius 3 is 3.00 bits per heavy atom. The van der Waals surface area contributed by atoms with E-state index in [4.69, 9.17) is 9.15 Å². The first-order chi connectivity index (χ1) is 13.2. The monoisotopic (exact) mass is 383 g/mol. The molecule has 0 aliphatic carbocycles. The maximum Gasteiger partial charge on any atom is 0.257 e. The number of ether oxygens (including phenoxy) is 1. The van der Waals surface area contributed by atoms with Crippen LogP contribution in [-0.4, -0.2) is 29.3 Å². The number of rotatable bonds is 6. The Morgan fingerprint density at radius 1 is 1.26 bits per heavy atom. The van der Waals surface area contributed by atoms with Crippen LogP contribution < -0.4 is 5.32 Å². The van der Waals surface area contributed by atoms with Crippen molar-refractivity contribution < 1.29 is 13.9 Å². The zero-order valence-corrected chi connectivity index (χ0v) is 15.9. The Kier molecular flexibility index (Phi) is 5.31. The van der Waals surface area contributed by atoms with Crippen LogP contribution in [0.4, 0.5) is 0 Å². The lowest BCUT2D eigenvalue weighted by Crippen LogP contribution is -2.32. The molecule has 0 bridgehead atoms. The Balaban J connectivity index is 1.28. The number of aryl methyl sites for hydroxylation is 2. The van der Waals surface area contributed by atoms with E-state index in [0.29, 0.717) is 37.8 Å². The van der Waals surface area contributed by atoms with Crippen LogP contribution in [0.25, 0.3) is 10.8 Å². The largest absolute Gasteiger partial charge is 0.420 e. The summed E-state index contributed by atoms with van der Waals surface area (Å²) in [6, 6.07) is 12.2. The lowest BCUT2D eigenvalue weighted by Gasteiger charge is -2.26. The average Bonchev–Trinajstić information content (AvgIpc) is 3.33. The molecule has 0 saturated heterocycles. The lowest BCUT2D eigenvalue weighted by atomic mass is 9.97. The molecule has 6 nitrogen and oxygen atoms in total. The van der Waals surface area contributed by atoms with Crippen LogP contribution in [0.1, 0.15) is 34.4 Å². The summed E-state index contributed by atoms with van der Waals surface area (Å²) in [4.78, 5) is 14.3. The quantitative estimate of drug-likeness (QED) is 0.705. The van der Waals surface area contributed by atoms with Crippen molar-refractivity contribution in [1.82, 2.24) is 15.5 Å². The fraction of sp³-hybridized carbons (Fsp3) is 0.350. The summed E-state index contributed by atoms with van der Waals surface area (Å²) in [7, 11) is 0. The molecule has 2 aromatic heterocycles. The van der Waals surface area contributed by atoms with Crippen LogP contribution in [0, 0.1) is 6.92 Å². The number of thiophene rings is 1. The van der Waals surface area contributed by atoms with E-state index in [9.17, 15) is 4.79 Å². The van der Waals surface area contributed by atoms with Gasteiger partial charge < -0.3 is 14.5 Å². The van der Waals surface area contributed by atoms with Gasteiger partial charge in [-0.3, -0.25) is 4.79 Å². The summed E-state index contributed by atoms with van der Waals surface area (Å²) in [5.41, 5.74) is 2.46. The predicted octanol–water partition coefficient (Wildman–Crippen LogP) is 3.47. The fourth-order valence-electron chi connectivity index (χ4n) is 3.16.